The lowest BCUT2D eigenvalue weighted by molar-refractivity contribution is -0.202. The minimum atomic E-state index is -2.17. The van der Waals surface area contributed by atoms with E-state index in [4.69, 9.17) is 92.0 Å². The molecule has 12 N–H and O–H groups in total. The summed E-state index contributed by atoms with van der Waals surface area (Å²) < 4.78 is 62.3. The van der Waals surface area contributed by atoms with Crippen LogP contribution in [0.4, 0.5) is 5.69 Å². The highest BCUT2D eigenvalue weighted by Gasteiger charge is 2.78. The highest BCUT2D eigenvalue weighted by atomic mass is 33.1. The first-order valence-corrected chi connectivity index (χ1v) is 51.1. The molecule has 140 heavy (non-hydrogen) atoms. The lowest BCUT2D eigenvalue weighted by Gasteiger charge is -2.63. The zero-order valence-electron chi connectivity index (χ0n) is 83.9. The smallest absolute Gasteiger partial charge is 0.373 e. The standard InChI is InChI=1S/C61H87N5O12.C19H30N2O6S2.C12H22O7.C7H16O4.CO2/c1-9-41(35-67)78-51(75-8)36-77-50(70)22-16-21-49(69)62-39(5)53(71)76-29-15-14-20-48(68)61(74)55-60(25-28-66-26-17-24-59(11-3,54(60)66)56(61)72)45-31-44(38(4)30-47(45)64(55)7)57(6)32-40-33-58(73,10-2)37-65(34-40)27-23-43-42-18-12-13-19-46(42)63-52(43)57;1-3-15(13-22)27-19(25-2)14-26-18(24)9-6-7-16(23)20-11-12-28-29-17-8-4-5-10-21-17;1-3-9(7-13)19-12(17-2)8-18-11(16)6-4-5-10(14)15;1-3-6(4-8)11-7(5-9)10-2;2-1-3/h12-13,17-19,24,30-31,39-41,51,54-56,63,67,72-74H,9-11,14-16,20-23,25-29,32-37H2,1-8H3,(H,62,69);4-5,8,10,15,19,22H,3,6-7,9,11-14H2,1-2H3,(H,20,23);9,12-13H,3-8H2,1-2H3,(H,14,15);6-9H,3-5H2,1-2H3;/t39?,40-,41?,51?,54?,55?,56+,57+,58?,59+,60+,61-;;;;/m0..../s1. The van der Waals surface area contributed by atoms with Gasteiger partial charge in [-0.05, 0) is 187 Å². The van der Waals surface area contributed by atoms with Crippen molar-refractivity contribution >= 4 is 91.8 Å². The van der Waals surface area contributed by atoms with Crippen LogP contribution in [0.2, 0.25) is 0 Å². The number of esters is 4. The topological polar surface area (TPSA) is 526 Å². The number of hydrogen-bond donors (Lipinski definition) is 12. The number of aliphatic carboxylic acids is 1. The van der Waals surface area contributed by atoms with Crippen molar-refractivity contribution in [1.82, 2.24) is 30.4 Å². The fourth-order valence-corrected chi connectivity index (χ4v) is 21.4. The summed E-state index contributed by atoms with van der Waals surface area (Å²) in [5, 5.41) is 99.4. The molecule has 1 spiro atoms. The Bertz CT molecular complexity index is 4490. The Morgan fingerprint density at radius 2 is 1.18 bits per heavy atom. The number of benzene rings is 2. The third kappa shape index (κ3) is 33.8. The van der Waals surface area contributed by atoms with Crippen LogP contribution in [0, 0.1) is 18.3 Å². The summed E-state index contributed by atoms with van der Waals surface area (Å²) in [5.41, 5.74) is 2.93. The number of aryl methyl sites for hydroxylation is 1. The minimum Gasteiger partial charge on any atom is -0.481 e. The number of aromatic amines is 1. The minimum absolute atomic E-state index is 0.0183. The molecule has 7 heterocycles. The number of anilines is 1. The number of piperidine rings is 1. The second kappa shape index (κ2) is 61.3. The number of carboxylic acids is 1. The predicted octanol–water partition coefficient (Wildman–Crippen LogP) is 7.77. The molecule has 1 aliphatic carbocycles. The molecule has 2 amide bonds. The summed E-state index contributed by atoms with van der Waals surface area (Å²) in [7, 11) is 10.9. The molecule has 2 aromatic heterocycles. The van der Waals surface area contributed by atoms with Gasteiger partial charge in [0.2, 0.25) is 11.8 Å². The number of Topliss-reactive ketones (excluding diaryl/α,β-unsaturated/α-hetero) is 1. The summed E-state index contributed by atoms with van der Waals surface area (Å²) in [6.45, 7) is 21.2. The molecule has 40 heteroatoms. The molecule has 4 aromatic rings. The number of carbonyl (C=O) groups is 8. The number of fused-ring (bicyclic) bond motifs is 6. The average Bonchev–Trinajstić information content (AvgIpc) is 1.47. The number of carboxylic acid groups (broad SMARTS) is 1. The molecule has 2 aromatic carbocycles. The highest BCUT2D eigenvalue weighted by Crippen LogP contribution is 2.67. The molecule has 6 aliphatic rings. The molecular formula is C100H155N7O31S2. The number of ketones is 1. The Kier molecular flexibility index (Phi) is 52.9. The number of hydrogen-bond acceptors (Lipinski definition) is 36. The normalized spacial score (nSPS) is 23.8. The first-order chi connectivity index (χ1) is 67.1. The maximum absolute atomic E-state index is 15.2. The lowest BCUT2D eigenvalue weighted by Crippen LogP contribution is -2.80. The maximum Gasteiger partial charge on any atom is 0.373 e. The van der Waals surface area contributed by atoms with Gasteiger partial charge in [0.25, 0.3) is 0 Å². The van der Waals surface area contributed by atoms with Crippen molar-refractivity contribution in [2.24, 2.45) is 11.3 Å². The second-order valence-corrected chi connectivity index (χ2v) is 38.7. The third-order valence-electron chi connectivity index (χ3n) is 26.9. The number of aliphatic hydroxyl groups excluding tert-OH is 6. The molecular weight excluding hydrogens is 1860 g/mol. The van der Waals surface area contributed by atoms with E-state index in [0.717, 1.165) is 72.0 Å². The van der Waals surface area contributed by atoms with Gasteiger partial charge >= 0.3 is 36.0 Å². The van der Waals surface area contributed by atoms with E-state index in [1.54, 1.807) is 27.8 Å². The summed E-state index contributed by atoms with van der Waals surface area (Å²) in [5.74, 6) is -3.02. The number of H-pyrrole nitrogens is 1. The fourth-order valence-electron chi connectivity index (χ4n) is 19.6. The number of ether oxygens (including phenoxy) is 12. The molecule has 788 valence electrons. The van der Waals surface area contributed by atoms with Gasteiger partial charge in [0.1, 0.15) is 37.0 Å². The van der Waals surface area contributed by atoms with Crippen LogP contribution in [0.3, 0.4) is 0 Å². The van der Waals surface area contributed by atoms with E-state index in [2.05, 4.69) is 112 Å². The van der Waals surface area contributed by atoms with Gasteiger partial charge in [-0.1, -0.05) is 94.8 Å². The molecule has 3 fully saturated rings. The first kappa shape index (κ1) is 121. The zero-order chi connectivity index (χ0) is 103. The fraction of sp³-hybridized carbons (Fsp3) is 0.700. The Labute approximate surface area is 830 Å². The molecule has 1 saturated carbocycles. The summed E-state index contributed by atoms with van der Waals surface area (Å²) in [4.78, 5) is 130. The van der Waals surface area contributed by atoms with E-state index in [-0.39, 0.29) is 166 Å². The molecule has 5 aliphatic heterocycles. The number of nitrogens with zero attached hydrogens (tertiary/aromatic N) is 4. The highest BCUT2D eigenvalue weighted by molar-refractivity contribution is 8.76. The van der Waals surface area contributed by atoms with E-state index in [0.29, 0.717) is 77.4 Å². The van der Waals surface area contributed by atoms with Gasteiger partial charge in [-0.15, -0.1) is 0 Å². The number of carbonyl (C=O) groups excluding carboxylic acids is 9. The monoisotopic (exact) mass is 2010 g/mol. The van der Waals surface area contributed by atoms with Crippen molar-refractivity contribution in [3.63, 3.8) is 0 Å². The van der Waals surface area contributed by atoms with Crippen molar-refractivity contribution in [2.75, 3.05) is 145 Å². The first-order valence-electron chi connectivity index (χ1n) is 48.8. The number of methoxy groups -OCH3 is 4. The van der Waals surface area contributed by atoms with E-state index in [1.165, 1.54) is 57.6 Å². The number of amides is 2. The molecule has 2 saturated heterocycles. The predicted molar refractivity (Wildman–Crippen MR) is 520 cm³/mol. The maximum atomic E-state index is 15.2. The Hall–Kier alpha value is -8.01. The summed E-state index contributed by atoms with van der Waals surface area (Å²) in [6.07, 6.45) is 8.95. The number of nitrogens with one attached hydrogen (secondary N) is 3. The average molecular weight is 2020 g/mol. The Morgan fingerprint density at radius 3 is 1.69 bits per heavy atom. The third-order valence-corrected chi connectivity index (χ3v) is 29.2. The molecule has 0 radical (unpaired) electrons. The lowest BCUT2D eigenvalue weighted by atomic mass is 9.47. The Morgan fingerprint density at radius 1 is 0.636 bits per heavy atom. The molecule has 2 bridgehead atoms. The molecule has 13 unspecified atom stereocenters. The van der Waals surface area contributed by atoms with Crippen LogP contribution in [-0.4, -0.2) is 344 Å². The van der Waals surface area contributed by atoms with Crippen LogP contribution in [-0.2, 0) is 122 Å². The van der Waals surface area contributed by atoms with Crippen LogP contribution in [0.1, 0.15) is 218 Å². The SMILES string of the molecule is CCC(CO)OC(CO)OC.CCC(CO)OC(COC(=O)CCCC(=O)NC(C)C(=O)OCCCCC(=O)[C@]1(O)C2N(C)c3cc(C)c([C@@]4(C)C[C@@H]5CN(CCc6c4[nH]c4ccccc64)CC(O)(CC)C5)cc3[C@@]23CCN2CC=C[C@](CC)(C23)[C@H]1O)OC.CCC(CO)OC(COC(=O)CCCC(=O)NCCSSc1ccccn1)OC.CCC(CO)OC(COC(=O)CCCC(=O)O)OC.O=C=O. The molecule has 10 rings (SSSR count). The van der Waals surface area contributed by atoms with Crippen molar-refractivity contribution in [1.29, 1.82) is 0 Å². The summed E-state index contributed by atoms with van der Waals surface area (Å²) in [6, 6.07) is 17.1. The van der Waals surface area contributed by atoms with Crippen molar-refractivity contribution in [2.45, 2.75) is 304 Å². The van der Waals surface area contributed by atoms with Crippen molar-refractivity contribution in [3.05, 3.63) is 101 Å². The van der Waals surface area contributed by atoms with E-state index < -0.39 is 118 Å². The van der Waals surface area contributed by atoms with Crippen LogP contribution in [0.25, 0.3) is 10.9 Å². The number of aliphatic hydroxyl groups is 8. The largest absolute Gasteiger partial charge is 0.481 e. The number of unbranched alkanes of at least 4 members (excludes halogenated alkanes) is 1. The van der Waals surface area contributed by atoms with Crippen LogP contribution in [0.15, 0.2) is 78.0 Å². The van der Waals surface area contributed by atoms with E-state index in [1.807, 2.05) is 52.9 Å². The van der Waals surface area contributed by atoms with Crippen molar-refractivity contribution in [3.8, 4) is 0 Å². The summed E-state index contributed by atoms with van der Waals surface area (Å²) >= 11 is 0. The van der Waals surface area contributed by atoms with E-state index in [9.17, 15) is 54.0 Å². The number of pyridine rings is 1. The number of likely N-dealkylation sites (N-methyl/N-ethyl adjacent to an activating group) is 1. The number of rotatable bonds is 55. The zero-order valence-corrected chi connectivity index (χ0v) is 85.5. The van der Waals surface area contributed by atoms with Crippen LogP contribution >= 0.6 is 21.6 Å². The van der Waals surface area contributed by atoms with Gasteiger partial charge < -0.3 is 123 Å². The van der Waals surface area contributed by atoms with E-state index >= 15 is 4.79 Å². The van der Waals surface area contributed by atoms with Gasteiger partial charge in [0, 0.05) is 170 Å². The van der Waals surface area contributed by atoms with Gasteiger partial charge in [0.05, 0.1) is 75.7 Å². The van der Waals surface area contributed by atoms with Gasteiger partial charge in [-0.3, -0.25) is 43.4 Å². The Balaban J connectivity index is 0.000000391. The number of para-hydroxylation sites is 1. The van der Waals surface area contributed by atoms with Gasteiger partial charge in [0.15, 0.2) is 36.5 Å². The van der Waals surface area contributed by atoms with Crippen LogP contribution < -0.4 is 15.5 Å². The molecule has 19 atom stereocenters. The van der Waals surface area contributed by atoms with Gasteiger partial charge in [-0.2, -0.15) is 9.59 Å². The molecule has 38 nitrogen and oxygen atoms in total. The second-order valence-electron chi connectivity index (χ2n) is 36.3. The van der Waals surface area contributed by atoms with Gasteiger partial charge in [-0.25, -0.2) is 9.78 Å². The van der Waals surface area contributed by atoms with Crippen molar-refractivity contribution < 1.29 is 151 Å². The number of aromatic nitrogens is 2. The van der Waals surface area contributed by atoms with Crippen LogP contribution in [0.5, 0.6) is 0 Å². The quantitative estimate of drug-likeness (QED) is 0.00501.